The minimum Gasteiger partial charge on any atom is -0.458 e. The quantitative estimate of drug-likeness (QED) is 0.425. The van der Waals surface area contributed by atoms with Gasteiger partial charge in [0.25, 0.3) is 0 Å². The number of carbonyl (C=O) groups is 4. The van der Waals surface area contributed by atoms with Gasteiger partial charge in [-0.15, -0.1) is 0 Å². The van der Waals surface area contributed by atoms with Crippen LogP contribution in [0.5, 0.6) is 0 Å². The van der Waals surface area contributed by atoms with E-state index < -0.39 is 92.4 Å². The van der Waals surface area contributed by atoms with E-state index in [1.807, 2.05) is 13.8 Å². The molecule has 38 heavy (non-hydrogen) atoms. The minimum atomic E-state index is -2.20. The molecule has 2 N–H and O–H groups in total. The van der Waals surface area contributed by atoms with Gasteiger partial charge in [0.15, 0.2) is 22.6 Å². The van der Waals surface area contributed by atoms with Gasteiger partial charge in [0.2, 0.25) is 5.79 Å². The van der Waals surface area contributed by atoms with Crippen LogP contribution in [0.3, 0.4) is 0 Å². The van der Waals surface area contributed by atoms with Crippen molar-refractivity contribution < 1.29 is 48.3 Å². The Morgan fingerprint density at radius 2 is 1.79 bits per heavy atom. The van der Waals surface area contributed by atoms with E-state index in [0.29, 0.717) is 6.42 Å². The Balaban J connectivity index is 1.34. The lowest BCUT2D eigenvalue weighted by Gasteiger charge is -2.63. The summed E-state index contributed by atoms with van der Waals surface area (Å²) in [6, 6.07) is 0. The maximum Gasteiger partial charge on any atom is 0.342 e. The van der Waals surface area contributed by atoms with Gasteiger partial charge in [-0.25, -0.2) is 4.79 Å². The van der Waals surface area contributed by atoms with Crippen LogP contribution in [0, 0.1) is 45.8 Å². The lowest BCUT2D eigenvalue weighted by atomic mass is 9.46. The number of hydrogen-bond donors (Lipinski definition) is 2. The summed E-state index contributed by atoms with van der Waals surface area (Å²) >= 11 is 0. The van der Waals surface area contributed by atoms with E-state index >= 15 is 0 Å². The van der Waals surface area contributed by atoms with Gasteiger partial charge in [-0.2, -0.15) is 0 Å². The number of Topliss-reactive ketones (excluding diaryl/α,β-unsaturated/α-hetero) is 2. The summed E-state index contributed by atoms with van der Waals surface area (Å²) in [4.78, 5) is 55.6. The molecule has 4 unspecified atom stereocenters. The number of aliphatic hydroxyl groups excluding tert-OH is 1. The molecule has 14 atom stereocenters. The molecule has 5 aliphatic heterocycles. The average Bonchev–Trinajstić information content (AvgIpc) is 3.38. The predicted molar refractivity (Wildman–Crippen MR) is 122 cm³/mol. The molecular formula is C28H32O10. The highest BCUT2D eigenvalue weighted by Crippen LogP contribution is 2.81. The van der Waals surface area contributed by atoms with E-state index in [4.69, 9.17) is 18.9 Å². The molecule has 5 bridgehead atoms. The number of aliphatic hydroxyl groups is 2. The molecule has 4 aliphatic carbocycles. The second kappa shape index (κ2) is 5.78. The second-order valence-corrected chi connectivity index (χ2v) is 14.4. The number of fused-ring (bicyclic) bond motifs is 4. The van der Waals surface area contributed by atoms with Crippen LogP contribution in [0.2, 0.25) is 0 Å². The largest absolute Gasteiger partial charge is 0.458 e. The Hall–Kier alpha value is -1.88. The minimum absolute atomic E-state index is 0.0453. The number of esters is 2. The smallest absolute Gasteiger partial charge is 0.342 e. The van der Waals surface area contributed by atoms with Gasteiger partial charge in [0.05, 0.1) is 24.5 Å². The summed E-state index contributed by atoms with van der Waals surface area (Å²) in [5.41, 5.74) is -8.16. The fourth-order valence-corrected chi connectivity index (χ4v) is 11.9. The van der Waals surface area contributed by atoms with Crippen LogP contribution in [0.4, 0.5) is 0 Å². The maximum atomic E-state index is 14.9. The fraction of sp³-hybridized carbons (Fsp3) is 0.857. The first-order valence-corrected chi connectivity index (χ1v) is 14.0. The molecule has 0 aromatic heterocycles. The molecule has 0 amide bonds. The van der Waals surface area contributed by atoms with Crippen LogP contribution in [0.1, 0.15) is 59.3 Å². The van der Waals surface area contributed by atoms with Crippen molar-refractivity contribution >= 4 is 23.5 Å². The molecule has 5 heterocycles. The van der Waals surface area contributed by atoms with Crippen molar-refractivity contribution in [3.63, 3.8) is 0 Å². The topological polar surface area (TPSA) is 146 Å². The number of ether oxygens (including phenoxy) is 4. The summed E-state index contributed by atoms with van der Waals surface area (Å²) in [6.45, 7) is 5.20. The van der Waals surface area contributed by atoms with E-state index in [1.54, 1.807) is 6.92 Å². The Morgan fingerprint density at radius 1 is 1.03 bits per heavy atom. The molecule has 10 heteroatoms. The Morgan fingerprint density at radius 3 is 2.55 bits per heavy atom. The van der Waals surface area contributed by atoms with E-state index in [2.05, 4.69) is 0 Å². The van der Waals surface area contributed by atoms with Crippen LogP contribution in [-0.2, 0) is 38.1 Å². The molecule has 3 spiro atoms. The average molecular weight is 529 g/mol. The summed E-state index contributed by atoms with van der Waals surface area (Å²) in [7, 11) is 0. The van der Waals surface area contributed by atoms with Crippen molar-refractivity contribution in [3.05, 3.63) is 0 Å². The molecule has 0 radical (unpaired) electrons. The third kappa shape index (κ3) is 1.75. The van der Waals surface area contributed by atoms with Crippen LogP contribution in [0.25, 0.3) is 0 Å². The summed E-state index contributed by atoms with van der Waals surface area (Å²) in [6.07, 6.45) is 0.0854. The highest BCUT2D eigenvalue weighted by atomic mass is 16.8. The Kier molecular flexibility index (Phi) is 3.48. The van der Waals surface area contributed by atoms with E-state index in [9.17, 15) is 29.4 Å². The second-order valence-electron chi connectivity index (χ2n) is 14.4. The van der Waals surface area contributed by atoms with E-state index in [0.717, 1.165) is 6.42 Å². The lowest BCUT2D eigenvalue weighted by Crippen LogP contribution is -2.79. The van der Waals surface area contributed by atoms with Crippen molar-refractivity contribution in [3.8, 4) is 0 Å². The summed E-state index contributed by atoms with van der Waals surface area (Å²) < 4.78 is 25.1. The summed E-state index contributed by atoms with van der Waals surface area (Å²) in [5.74, 6) is -6.64. The summed E-state index contributed by atoms with van der Waals surface area (Å²) in [5, 5.41) is 24.0. The highest BCUT2D eigenvalue weighted by Gasteiger charge is 2.94. The molecule has 5 saturated heterocycles. The SMILES string of the molecule is C[C@@]12CC3OC(=O)[C@@H]1CO[C@]14OC5([C@H]2C1=O)[C@@]3(C)OC(=O)[C@@]5(O)CC[C@H]1C4C[C@@H](O)C23C[C@H]2CC(=O)[C@]13C. The van der Waals surface area contributed by atoms with E-state index in [1.165, 1.54) is 0 Å². The molecule has 9 fully saturated rings. The zero-order valence-electron chi connectivity index (χ0n) is 21.7. The first kappa shape index (κ1) is 22.9. The van der Waals surface area contributed by atoms with Gasteiger partial charge in [-0.05, 0) is 56.3 Å². The van der Waals surface area contributed by atoms with Gasteiger partial charge < -0.3 is 29.2 Å². The highest BCUT2D eigenvalue weighted by molar-refractivity contribution is 5.99. The fourth-order valence-electron chi connectivity index (χ4n) is 11.9. The maximum absolute atomic E-state index is 14.9. The van der Waals surface area contributed by atoms with Gasteiger partial charge in [0.1, 0.15) is 11.9 Å². The Labute approximate surface area is 218 Å². The molecular weight excluding hydrogens is 496 g/mol. The van der Waals surface area contributed by atoms with Gasteiger partial charge >= 0.3 is 11.9 Å². The first-order valence-electron chi connectivity index (χ1n) is 14.0. The number of rotatable bonds is 0. The monoisotopic (exact) mass is 528 g/mol. The Bertz CT molecular complexity index is 1310. The number of ketones is 2. The molecule has 10 nitrogen and oxygen atoms in total. The molecule has 0 aromatic carbocycles. The van der Waals surface area contributed by atoms with Crippen molar-refractivity contribution in [2.24, 2.45) is 45.8 Å². The van der Waals surface area contributed by atoms with Gasteiger partial charge in [-0.3, -0.25) is 14.4 Å². The van der Waals surface area contributed by atoms with Gasteiger partial charge in [0, 0.05) is 23.2 Å². The molecule has 9 rings (SSSR count). The van der Waals surface area contributed by atoms with Crippen LogP contribution in [0.15, 0.2) is 0 Å². The van der Waals surface area contributed by atoms with Crippen LogP contribution < -0.4 is 0 Å². The van der Waals surface area contributed by atoms with Crippen molar-refractivity contribution in [1.29, 1.82) is 0 Å². The third-order valence-corrected chi connectivity index (χ3v) is 13.8. The van der Waals surface area contributed by atoms with Crippen LogP contribution >= 0.6 is 0 Å². The van der Waals surface area contributed by atoms with E-state index in [-0.39, 0.29) is 44.0 Å². The normalized spacial score (nSPS) is 66.2. The third-order valence-electron chi connectivity index (χ3n) is 13.8. The number of hydrogen-bond acceptors (Lipinski definition) is 10. The first-order chi connectivity index (χ1) is 17.8. The van der Waals surface area contributed by atoms with Crippen LogP contribution in [-0.4, -0.2) is 75.1 Å². The number of carbonyl (C=O) groups excluding carboxylic acids is 4. The molecule has 9 aliphatic rings. The molecule has 0 aromatic rings. The molecule has 204 valence electrons. The van der Waals surface area contributed by atoms with Gasteiger partial charge in [-0.1, -0.05) is 13.8 Å². The van der Waals surface area contributed by atoms with Crippen molar-refractivity contribution in [2.45, 2.75) is 94.1 Å². The molecule has 4 saturated carbocycles. The van der Waals surface area contributed by atoms with Crippen molar-refractivity contribution in [1.82, 2.24) is 0 Å². The standard InChI is InChI=1S/C28H32O10/c1-22-9-17-24(3)28-18(22)19(31)27(38-28,35-10-14(22)20(32)36-17)13-7-16(30)25-8-11(25)6-15(29)23(25,2)12(13)4-5-26(28,34)21(33)37-24/h11-14,16-18,30,34H,4-10H2,1-3H3/t11-,12+,13?,14+,16-,17?,18+,22-,23+,24+,25?,26+,27-,28?/m1/s1. The zero-order chi connectivity index (χ0) is 26.6. The lowest BCUT2D eigenvalue weighted by molar-refractivity contribution is -0.379. The zero-order valence-corrected chi connectivity index (χ0v) is 21.7. The van der Waals surface area contributed by atoms with Crippen molar-refractivity contribution in [2.75, 3.05) is 6.61 Å². The predicted octanol–water partition coefficient (Wildman–Crippen LogP) is 0.442.